The van der Waals surface area contributed by atoms with E-state index in [-0.39, 0.29) is 11.3 Å². The zero-order valence-electron chi connectivity index (χ0n) is 9.86. The summed E-state index contributed by atoms with van der Waals surface area (Å²) in [4.78, 5) is 11.2. The molecule has 0 radical (unpaired) electrons. The fraction of sp³-hybridized carbons (Fsp3) is 0.533. The standard InChI is InChI=1S/C15H17ClO/c16-14-7-3-6-12(8-14)15(9-13(15)10-17)11-4-1-2-5-11/h3,6-8,10-11,13H,1-2,4-5,9H2. The smallest absolute Gasteiger partial charge is 0.124 e. The van der Waals surface area contributed by atoms with E-state index in [1.54, 1.807) is 0 Å². The Balaban J connectivity index is 1.98. The van der Waals surface area contributed by atoms with Gasteiger partial charge in [-0.3, -0.25) is 0 Å². The fourth-order valence-corrected chi connectivity index (χ4v) is 3.92. The van der Waals surface area contributed by atoms with Gasteiger partial charge in [0.2, 0.25) is 0 Å². The van der Waals surface area contributed by atoms with Crippen LogP contribution in [0.4, 0.5) is 0 Å². The predicted octanol–water partition coefficient (Wildman–Crippen LogP) is 3.99. The van der Waals surface area contributed by atoms with Gasteiger partial charge >= 0.3 is 0 Å². The molecule has 2 aliphatic carbocycles. The lowest BCUT2D eigenvalue weighted by atomic mass is 9.80. The van der Waals surface area contributed by atoms with Crippen LogP contribution >= 0.6 is 11.6 Å². The molecular weight excluding hydrogens is 232 g/mol. The highest BCUT2D eigenvalue weighted by atomic mass is 35.5. The van der Waals surface area contributed by atoms with E-state index in [2.05, 4.69) is 12.1 Å². The van der Waals surface area contributed by atoms with Crippen LogP contribution in [0.25, 0.3) is 0 Å². The SMILES string of the molecule is O=CC1CC1(c1cccc(Cl)c1)C1CCCC1. The van der Waals surface area contributed by atoms with Crippen molar-refractivity contribution in [1.82, 2.24) is 0 Å². The summed E-state index contributed by atoms with van der Waals surface area (Å²) in [6.45, 7) is 0. The molecule has 2 fully saturated rings. The van der Waals surface area contributed by atoms with Gasteiger partial charge < -0.3 is 4.79 Å². The second kappa shape index (κ2) is 4.13. The highest BCUT2D eigenvalue weighted by Gasteiger charge is 2.59. The number of benzene rings is 1. The number of hydrogen-bond acceptors (Lipinski definition) is 1. The van der Waals surface area contributed by atoms with Gasteiger partial charge in [0.25, 0.3) is 0 Å². The van der Waals surface area contributed by atoms with Crippen LogP contribution in [-0.4, -0.2) is 6.29 Å². The third-order valence-corrected chi connectivity index (χ3v) is 4.90. The summed E-state index contributed by atoms with van der Waals surface area (Å²) in [5.74, 6) is 0.917. The van der Waals surface area contributed by atoms with Crippen molar-refractivity contribution in [3.8, 4) is 0 Å². The Bertz CT molecular complexity index is 436. The van der Waals surface area contributed by atoms with Crippen molar-refractivity contribution in [2.75, 3.05) is 0 Å². The number of carbonyl (C=O) groups excluding carboxylic acids is 1. The third kappa shape index (κ3) is 1.72. The van der Waals surface area contributed by atoms with E-state index in [4.69, 9.17) is 11.6 Å². The molecule has 0 aromatic heterocycles. The van der Waals surface area contributed by atoms with Crippen LogP contribution < -0.4 is 0 Å². The van der Waals surface area contributed by atoms with E-state index < -0.39 is 0 Å². The van der Waals surface area contributed by atoms with Crippen LogP contribution in [0.1, 0.15) is 37.7 Å². The molecule has 90 valence electrons. The van der Waals surface area contributed by atoms with E-state index in [0.29, 0.717) is 5.92 Å². The molecule has 0 heterocycles. The summed E-state index contributed by atoms with van der Waals surface area (Å²) in [5, 5.41) is 0.788. The molecule has 0 N–H and O–H groups in total. The first-order valence-electron chi connectivity index (χ1n) is 6.49. The molecule has 1 aromatic carbocycles. The van der Waals surface area contributed by atoms with E-state index in [1.165, 1.54) is 31.2 Å². The number of hydrogen-bond donors (Lipinski definition) is 0. The molecule has 3 rings (SSSR count). The van der Waals surface area contributed by atoms with Crippen molar-refractivity contribution in [1.29, 1.82) is 0 Å². The highest BCUT2D eigenvalue weighted by molar-refractivity contribution is 6.30. The lowest BCUT2D eigenvalue weighted by Crippen LogP contribution is -2.21. The number of aldehydes is 1. The van der Waals surface area contributed by atoms with Crippen molar-refractivity contribution < 1.29 is 4.79 Å². The Morgan fingerprint density at radius 1 is 1.29 bits per heavy atom. The maximum Gasteiger partial charge on any atom is 0.124 e. The Morgan fingerprint density at radius 3 is 2.65 bits per heavy atom. The minimum absolute atomic E-state index is 0.128. The first kappa shape index (κ1) is 11.3. The molecule has 2 unspecified atom stereocenters. The summed E-state index contributed by atoms with van der Waals surface area (Å²) in [5.41, 5.74) is 1.41. The molecule has 17 heavy (non-hydrogen) atoms. The predicted molar refractivity (Wildman–Crippen MR) is 69.3 cm³/mol. The quantitative estimate of drug-likeness (QED) is 0.740. The zero-order chi connectivity index (χ0) is 11.9. The molecule has 0 saturated heterocycles. The molecule has 0 amide bonds. The van der Waals surface area contributed by atoms with E-state index in [0.717, 1.165) is 17.7 Å². The zero-order valence-corrected chi connectivity index (χ0v) is 10.6. The van der Waals surface area contributed by atoms with Crippen molar-refractivity contribution in [2.24, 2.45) is 11.8 Å². The Morgan fingerprint density at radius 2 is 2.06 bits per heavy atom. The molecule has 2 atom stereocenters. The Labute approximate surface area is 107 Å². The Kier molecular flexibility index (Phi) is 2.74. The van der Waals surface area contributed by atoms with Crippen molar-refractivity contribution in [3.05, 3.63) is 34.9 Å². The van der Waals surface area contributed by atoms with Gasteiger partial charge in [-0.1, -0.05) is 36.6 Å². The monoisotopic (exact) mass is 248 g/mol. The van der Waals surface area contributed by atoms with Crippen molar-refractivity contribution >= 4 is 17.9 Å². The number of carbonyl (C=O) groups is 1. The molecule has 0 bridgehead atoms. The molecule has 2 saturated carbocycles. The minimum Gasteiger partial charge on any atom is -0.303 e. The number of rotatable bonds is 3. The van der Waals surface area contributed by atoms with E-state index in [1.807, 2.05) is 12.1 Å². The number of halogens is 1. The molecule has 0 spiro atoms. The van der Waals surface area contributed by atoms with Crippen LogP contribution in [0.5, 0.6) is 0 Å². The topological polar surface area (TPSA) is 17.1 Å². The van der Waals surface area contributed by atoms with Crippen LogP contribution in [0.15, 0.2) is 24.3 Å². The largest absolute Gasteiger partial charge is 0.303 e. The van der Waals surface area contributed by atoms with E-state index in [9.17, 15) is 4.79 Å². The van der Waals surface area contributed by atoms with Crippen LogP contribution in [0, 0.1) is 11.8 Å². The minimum atomic E-state index is 0.128. The molecule has 1 aromatic rings. The van der Waals surface area contributed by atoms with Crippen LogP contribution in [-0.2, 0) is 10.2 Å². The second-order valence-corrected chi connectivity index (χ2v) is 5.92. The van der Waals surface area contributed by atoms with Gasteiger partial charge in [0.15, 0.2) is 0 Å². The maximum atomic E-state index is 11.2. The van der Waals surface area contributed by atoms with Gasteiger partial charge in [0.1, 0.15) is 6.29 Å². The van der Waals surface area contributed by atoms with E-state index >= 15 is 0 Å². The van der Waals surface area contributed by atoms with Crippen molar-refractivity contribution in [2.45, 2.75) is 37.5 Å². The fourth-order valence-electron chi connectivity index (χ4n) is 3.73. The summed E-state index contributed by atoms with van der Waals surface area (Å²) >= 11 is 6.09. The normalized spacial score (nSPS) is 32.6. The molecular formula is C15H17ClO. The second-order valence-electron chi connectivity index (χ2n) is 5.48. The van der Waals surface area contributed by atoms with Gasteiger partial charge in [-0.05, 0) is 42.9 Å². The third-order valence-electron chi connectivity index (χ3n) is 4.67. The average molecular weight is 249 g/mol. The average Bonchev–Trinajstić information content (AvgIpc) is 2.83. The van der Waals surface area contributed by atoms with Gasteiger partial charge in [-0.15, -0.1) is 0 Å². The summed E-state index contributed by atoms with van der Waals surface area (Å²) in [7, 11) is 0. The highest BCUT2D eigenvalue weighted by Crippen LogP contribution is 2.62. The summed E-state index contributed by atoms with van der Waals surface area (Å²) < 4.78 is 0. The summed E-state index contributed by atoms with van der Waals surface area (Å²) in [6.07, 6.45) is 7.37. The molecule has 0 aliphatic heterocycles. The Hall–Kier alpha value is -0.820. The van der Waals surface area contributed by atoms with Gasteiger partial charge in [-0.25, -0.2) is 0 Å². The lowest BCUT2D eigenvalue weighted by molar-refractivity contribution is -0.109. The molecule has 1 nitrogen and oxygen atoms in total. The molecule has 2 heteroatoms. The first-order chi connectivity index (χ1) is 8.27. The molecule has 2 aliphatic rings. The van der Waals surface area contributed by atoms with Crippen LogP contribution in [0.3, 0.4) is 0 Å². The van der Waals surface area contributed by atoms with Gasteiger partial charge in [0, 0.05) is 16.4 Å². The van der Waals surface area contributed by atoms with Gasteiger partial charge in [-0.2, -0.15) is 0 Å². The van der Waals surface area contributed by atoms with Crippen LogP contribution in [0.2, 0.25) is 5.02 Å². The lowest BCUT2D eigenvalue weighted by Gasteiger charge is -2.24. The summed E-state index contributed by atoms with van der Waals surface area (Å²) in [6, 6.07) is 8.12. The first-order valence-corrected chi connectivity index (χ1v) is 6.86. The van der Waals surface area contributed by atoms with Gasteiger partial charge in [0.05, 0.1) is 0 Å². The van der Waals surface area contributed by atoms with Crippen molar-refractivity contribution in [3.63, 3.8) is 0 Å². The maximum absolute atomic E-state index is 11.2.